The van der Waals surface area contributed by atoms with E-state index in [-0.39, 0.29) is 12.5 Å². The first-order valence-electron chi connectivity index (χ1n) is 14.1. The first kappa shape index (κ1) is 38.1. The van der Waals surface area contributed by atoms with Gasteiger partial charge in [-0.15, -0.1) is 0 Å². The molecule has 1 unspecified atom stereocenters. The first-order chi connectivity index (χ1) is 19.4. The Balaban J connectivity index is 0.00000742. The van der Waals surface area contributed by atoms with Crippen LogP contribution in [0.1, 0.15) is 51.4 Å². The molecule has 0 aromatic heterocycles. The van der Waals surface area contributed by atoms with Gasteiger partial charge in [0.2, 0.25) is 0 Å². The van der Waals surface area contributed by atoms with Crippen molar-refractivity contribution in [2.45, 2.75) is 46.0 Å². The standard InChI is InChI=1S/C27H45N3O7S.C2H6/c1-23(2)20-35-17-18-37-27(3,38-22-28)21-36-25-8-5-7-24(19-25)26(31)30-10-12-33-14-16-34-15-13-32-11-6-9-29-4;1-2/h5,7-8,19,23,29H,6,9-18,20-21H2,1-4H3,(H,30,31);1-2H3. The van der Waals surface area contributed by atoms with E-state index in [1.807, 2.05) is 20.9 Å². The number of nitrogens with zero attached hydrogens (tertiary/aromatic N) is 1. The van der Waals surface area contributed by atoms with Crippen LogP contribution in [0.3, 0.4) is 0 Å². The highest BCUT2D eigenvalue weighted by atomic mass is 32.2. The Morgan fingerprint density at radius 3 is 2.27 bits per heavy atom. The third-order valence-corrected chi connectivity index (χ3v) is 5.70. The average Bonchev–Trinajstić information content (AvgIpc) is 2.95. The molecule has 0 aliphatic carbocycles. The van der Waals surface area contributed by atoms with Gasteiger partial charge in [-0.3, -0.25) is 4.79 Å². The average molecular weight is 586 g/mol. The number of rotatable bonds is 24. The molecule has 0 fully saturated rings. The number of benzene rings is 1. The number of thiocyanates is 1. The number of hydrogen-bond acceptors (Lipinski definition) is 10. The molecular formula is C29H51N3O7S. The second-order valence-corrected chi connectivity index (χ2v) is 10.3. The molecule has 1 aromatic rings. The van der Waals surface area contributed by atoms with Gasteiger partial charge < -0.3 is 39.1 Å². The van der Waals surface area contributed by atoms with Crippen molar-refractivity contribution >= 4 is 17.7 Å². The minimum absolute atomic E-state index is 0.138. The van der Waals surface area contributed by atoms with Crippen molar-refractivity contribution in [3.05, 3.63) is 29.8 Å². The van der Waals surface area contributed by atoms with Crippen LogP contribution in [0.4, 0.5) is 0 Å². The Morgan fingerprint density at radius 1 is 0.975 bits per heavy atom. The summed E-state index contributed by atoms with van der Waals surface area (Å²) < 4.78 is 33.7. The predicted molar refractivity (Wildman–Crippen MR) is 160 cm³/mol. The van der Waals surface area contributed by atoms with Crippen LogP contribution in [0.15, 0.2) is 24.3 Å². The normalized spacial score (nSPS) is 12.2. The van der Waals surface area contributed by atoms with E-state index in [0.29, 0.717) is 76.6 Å². The molecule has 40 heavy (non-hydrogen) atoms. The number of amides is 1. The van der Waals surface area contributed by atoms with Crippen LogP contribution in [0.5, 0.6) is 5.75 Å². The molecule has 0 bridgehead atoms. The molecule has 0 heterocycles. The topological polar surface area (TPSA) is 120 Å². The summed E-state index contributed by atoms with van der Waals surface area (Å²) in [6.45, 7) is 16.0. The van der Waals surface area contributed by atoms with Crippen molar-refractivity contribution in [3.8, 4) is 11.2 Å². The van der Waals surface area contributed by atoms with Gasteiger partial charge in [0, 0.05) is 25.3 Å². The van der Waals surface area contributed by atoms with E-state index >= 15 is 0 Å². The summed E-state index contributed by atoms with van der Waals surface area (Å²) in [5.41, 5.74) is 0.471. The molecule has 2 N–H and O–H groups in total. The Bertz CT molecular complexity index is 795. The van der Waals surface area contributed by atoms with Crippen LogP contribution in [0.25, 0.3) is 0 Å². The molecular weight excluding hydrogens is 534 g/mol. The van der Waals surface area contributed by atoms with Crippen molar-refractivity contribution in [2.24, 2.45) is 5.92 Å². The number of nitrogens with one attached hydrogen (secondary N) is 2. The fraction of sp³-hybridized carbons (Fsp3) is 0.724. The summed E-state index contributed by atoms with van der Waals surface area (Å²) >= 11 is 0.991. The molecule has 230 valence electrons. The van der Waals surface area contributed by atoms with E-state index in [9.17, 15) is 10.1 Å². The van der Waals surface area contributed by atoms with Crippen molar-refractivity contribution in [2.75, 3.05) is 86.2 Å². The summed E-state index contributed by atoms with van der Waals surface area (Å²) in [7, 11) is 1.92. The number of carbonyl (C=O) groups excluding carboxylic acids is 1. The molecule has 1 atom stereocenters. The van der Waals surface area contributed by atoms with Gasteiger partial charge in [0.25, 0.3) is 5.91 Å². The summed E-state index contributed by atoms with van der Waals surface area (Å²) in [6, 6.07) is 6.88. The van der Waals surface area contributed by atoms with Crippen LogP contribution in [-0.4, -0.2) is 97.0 Å². The lowest BCUT2D eigenvalue weighted by Crippen LogP contribution is -2.33. The fourth-order valence-corrected chi connectivity index (χ4v) is 3.46. The van der Waals surface area contributed by atoms with E-state index < -0.39 is 4.93 Å². The van der Waals surface area contributed by atoms with Crippen molar-refractivity contribution in [1.29, 1.82) is 5.26 Å². The molecule has 1 aromatic carbocycles. The lowest BCUT2D eigenvalue weighted by atomic mass is 10.2. The van der Waals surface area contributed by atoms with Crippen molar-refractivity contribution in [3.63, 3.8) is 0 Å². The van der Waals surface area contributed by atoms with Crippen LogP contribution in [0, 0.1) is 16.6 Å². The molecule has 10 nitrogen and oxygen atoms in total. The molecule has 1 rings (SSSR count). The van der Waals surface area contributed by atoms with Crippen molar-refractivity contribution < 1.29 is 33.2 Å². The fourth-order valence-electron chi connectivity index (χ4n) is 3.01. The first-order valence-corrected chi connectivity index (χ1v) is 14.9. The van der Waals surface area contributed by atoms with Gasteiger partial charge in [0.1, 0.15) is 17.8 Å². The third kappa shape index (κ3) is 20.9. The van der Waals surface area contributed by atoms with E-state index in [1.165, 1.54) is 0 Å². The van der Waals surface area contributed by atoms with Crippen molar-refractivity contribution in [1.82, 2.24) is 10.6 Å². The predicted octanol–water partition coefficient (Wildman–Crippen LogP) is 4.10. The number of ether oxygens (including phenoxy) is 6. The second kappa shape index (κ2) is 26.0. The highest BCUT2D eigenvalue weighted by molar-refractivity contribution is 8.04. The second-order valence-electron chi connectivity index (χ2n) is 9.01. The monoisotopic (exact) mass is 585 g/mol. The molecule has 0 saturated heterocycles. The molecule has 0 aliphatic rings. The molecule has 0 saturated carbocycles. The zero-order valence-electron chi connectivity index (χ0n) is 25.3. The van der Waals surface area contributed by atoms with Gasteiger partial charge in [0.05, 0.1) is 46.2 Å². The lowest BCUT2D eigenvalue weighted by Gasteiger charge is -2.26. The highest BCUT2D eigenvalue weighted by Gasteiger charge is 2.28. The lowest BCUT2D eigenvalue weighted by molar-refractivity contribution is -0.0278. The van der Waals surface area contributed by atoms with E-state index in [0.717, 1.165) is 31.3 Å². The van der Waals surface area contributed by atoms with E-state index in [4.69, 9.17) is 28.4 Å². The molecule has 11 heteroatoms. The third-order valence-electron chi connectivity index (χ3n) is 4.94. The zero-order chi connectivity index (χ0) is 29.9. The number of thioether (sulfide) groups is 1. The molecule has 1 amide bonds. The SMILES string of the molecule is CC.CNCCCOCCOCCOCCNC(=O)c1cccc(OCC(C)(OCCOCC(C)C)SC#N)c1. The largest absolute Gasteiger partial charge is 0.490 e. The summed E-state index contributed by atoms with van der Waals surface area (Å²) in [6.07, 6.45) is 0.980. The smallest absolute Gasteiger partial charge is 0.251 e. The van der Waals surface area contributed by atoms with Gasteiger partial charge in [0.15, 0.2) is 4.93 Å². The summed E-state index contributed by atoms with van der Waals surface area (Å²) in [5.74, 6) is 0.740. The highest BCUT2D eigenvalue weighted by Crippen LogP contribution is 2.27. The molecule has 0 radical (unpaired) electrons. The van der Waals surface area contributed by atoms with Gasteiger partial charge in [-0.1, -0.05) is 33.8 Å². The minimum Gasteiger partial charge on any atom is -0.490 e. The van der Waals surface area contributed by atoms with Gasteiger partial charge in [-0.05, 0) is 62.8 Å². The maximum atomic E-state index is 12.5. The Labute approximate surface area is 245 Å². The Morgan fingerprint density at radius 2 is 1.62 bits per heavy atom. The number of hydrogen-bond donors (Lipinski definition) is 2. The molecule has 0 aliphatic heterocycles. The number of carbonyl (C=O) groups is 1. The Kier molecular flexibility index (Phi) is 24.8. The number of nitriles is 1. The van der Waals surface area contributed by atoms with Gasteiger partial charge >= 0.3 is 0 Å². The minimum atomic E-state index is -0.866. The van der Waals surface area contributed by atoms with Crippen LogP contribution >= 0.6 is 11.8 Å². The van der Waals surface area contributed by atoms with Gasteiger partial charge in [-0.2, -0.15) is 5.26 Å². The van der Waals surface area contributed by atoms with E-state index in [2.05, 4.69) is 29.9 Å². The molecule has 0 spiro atoms. The maximum Gasteiger partial charge on any atom is 0.251 e. The van der Waals surface area contributed by atoms with E-state index in [1.54, 1.807) is 31.2 Å². The summed E-state index contributed by atoms with van der Waals surface area (Å²) in [5, 5.41) is 17.2. The van der Waals surface area contributed by atoms with Crippen LogP contribution < -0.4 is 15.4 Å². The maximum absolute atomic E-state index is 12.5. The Hall–Kier alpha value is -1.91. The zero-order valence-corrected chi connectivity index (χ0v) is 26.1. The van der Waals surface area contributed by atoms with Gasteiger partial charge in [-0.25, -0.2) is 0 Å². The van der Waals surface area contributed by atoms with Crippen LogP contribution in [-0.2, 0) is 23.7 Å². The van der Waals surface area contributed by atoms with Crippen LogP contribution in [0.2, 0.25) is 0 Å². The summed E-state index contributed by atoms with van der Waals surface area (Å²) in [4.78, 5) is 11.6. The quantitative estimate of drug-likeness (QED) is 0.104.